The van der Waals surface area contributed by atoms with Crippen LogP contribution in [0, 0.1) is 0 Å². The van der Waals surface area contributed by atoms with Gasteiger partial charge in [-0.15, -0.1) is 0 Å². The number of amides is 1. The Kier molecular flexibility index (Phi) is 7.29. The van der Waals surface area contributed by atoms with Crippen LogP contribution in [0.3, 0.4) is 0 Å². The number of methoxy groups -OCH3 is 1. The lowest BCUT2D eigenvalue weighted by atomic mass is 10.3. The van der Waals surface area contributed by atoms with Crippen molar-refractivity contribution in [2.45, 2.75) is 18.7 Å². The Bertz CT molecular complexity index is 282. The van der Waals surface area contributed by atoms with E-state index < -0.39 is 37.4 Å². The van der Waals surface area contributed by atoms with Crippen molar-refractivity contribution in [3.8, 4) is 0 Å². The van der Waals surface area contributed by atoms with E-state index in [4.69, 9.17) is 5.11 Å². The molecule has 6 nitrogen and oxygen atoms in total. The van der Waals surface area contributed by atoms with Crippen LogP contribution >= 0.6 is 0 Å². The summed E-state index contributed by atoms with van der Waals surface area (Å²) in [5, 5.41) is 11.2. The molecule has 1 atom stereocenters. The van der Waals surface area contributed by atoms with E-state index >= 15 is 0 Å². The Labute approximate surface area is 101 Å². The second kappa shape index (κ2) is 7.88. The van der Waals surface area contributed by atoms with Crippen molar-refractivity contribution in [2.24, 2.45) is 0 Å². The zero-order valence-corrected chi connectivity index (χ0v) is 9.62. The second-order valence-electron chi connectivity index (χ2n) is 3.26. The van der Waals surface area contributed by atoms with E-state index in [1.807, 2.05) is 0 Å². The summed E-state index contributed by atoms with van der Waals surface area (Å²) in [6.45, 7) is -2.20. The van der Waals surface area contributed by atoms with E-state index in [-0.39, 0.29) is 13.0 Å². The van der Waals surface area contributed by atoms with Gasteiger partial charge in [-0.2, -0.15) is 13.2 Å². The summed E-state index contributed by atoms with van der Waals surface area (Å²) in [7, 11) is 1.07. The molecule has 2 N–H and O–H groups in total. The van der Waals surface area contributed by atoms with E-state index in [9.17, 15) is 22.8 Å². The van der Waals surface area contributed by atoms with Gasteiger partial charge in [0.2, 0.25) is 5.91 Å². The highest BCUT2D eigenvalue weighted by Crippen LogP contribution is 2.14. The molecule has 0 aliphatic carbocycles. The molecule has 18 heavy (non-hydrogen) atoms. The van der Waals surface area contributed by atoms with Gasteiger partial charge in [0.1, 0.15) is 6.61 Å². The third kappa shape index (κ3) is 8.76. The molecule has 0 heterocycles. The Morgan fingerprint density at radius 2 is 2.00 bits per heavy atom. The number of carbonyl (C=O) groups is 2. The van der Waals surface area contributed by atoms with Crippen molar-refractivity contribution in [2.75, 3.05) is 26.9 Å². The van der Waals surface area contributed by atoms with E-state index in [2.05, 4.69) is 14.8 Å². The van der Waals surface area contributed by atoms with Gasteiger partial charge in [0.15, 0.2) is 6.10 Å². The topological polar surface area (TPSA) is 84.9 Å². The van der Waals surface area contributed by atoms with Crippen molar-refractivity contribution in [1.29, 1.82) is 0 Å². The minimum Gasteiger partial charge on any atom is -0.467 e. The number of alkyl halides is 3. The molecule has 0 aromatic carbocycles. The lowest BCUT2D eigenvalue weighted by molar-refractivity contribution is -0.174. The molecule has 0 aromatic rings. The number of aliphatic hydroxyl groups is 1. The van der Waals surface area contributed by atoms with E-state index in [1.165, 1.54) is 0 Å². The van der Waals surface area contributed by atoms with Gasteiger partial charge in [-0.05, 0) is 0 Å². The highest BCUT2D eigenvalue weighted by molar-refractivity contribution is 5.78. The minimum atomic E-state index is -4.43. The molecule has 0 radical (unpaired) electrons. The fourth-order valence-corrected chi connectivity index (χ4v) is 0.871. The summed E-state index contributed by atoms with van der Waals surface area (Å²) in [4.78, 5) is 21.8. The van der Waals surface area contributed by atoms with Crippen molar-refractivity contribution in [3.05, 3.63) is 0 Å². The lowest BCUT2D eigenvalue weighted by Crippen LogP contribution is -2.37. The number of hydrogen-bond donors (Lipinski definition) is 2. The van der Waals surface area contributed by atoms with Crippen molar-refractivity contribution in [1.82, 2.24) is 5.32 Å². The molecule has 1 amide bonds. The Morgan fingerprint density at radius 1 is 1.39 bits per heavy atom. The Balaban J connectivity index is 3.64. The first-order valence-corrected chi connectivity index (χ1v) is 4.93. The van der Waals surface area contributed by atoms with Crippen molar-refractivity contribution < 1.29 is 37.3 Å². The molecule has 0 saturated carbocycles. The number of ether oxygens (including phenoxy) is 2. The van der Waals surface area contributed by atoms with Crippen LogP contribution in [0.1, 0.15) is 6.42 Å². The molecule has 0 saturated heterocycles. The van der Waals surface area contributed by atoms with Crippen LogP contribution in [0.4, 0.5) is 13.2 Å². The molecule has 0 spiro atoms. The predicted molar refractivity (Wildman–Crippen MR) is 52.5 cm³/mol. The van der Waals surface area contributed by atoms with Crippen LogP contribution in [0.25, 0.3) is 0 Å². The first kappa shape index (κ1) is 16.6. The van der Waals surface area contributed by atoms with Gasteiger partial charge in [0.25, 0.3) is 0 Å². The normalized spacial score (nSPS) is 12.9. The molecule has 0 aromatic heterocycles. The van der Waals surface area contributed by atoms with E-state index in [1.54, 1.807) is 0 Å². The maximum Gasteiger partial charge on any atom is 0.411 e. The van der Waals surface area contributed by atoms with Crippen LogP contribution in [0.5, 0.6) is 0 Å². The average Bonchev–Trinajstić information content (AvgIpc) is 2.29. The summed E-state index contributed by atoms with van der Waals surface area (Å²) in [5.74, 6) is -1.55. The molecule has 1 unspecified atom stereocenters. The van der Waals surface area contributed by atoms with Gasteiger partial charge in [0.05, 0.1) is 20.3 Å². The molecule has 0 rings (SSSR count). The Morgan fingerprint density at radius 3 is 2.50 bits per heavy atom. The molecular formula is C9H14F3NO5. The number of rotatable bonds is 7. The first-order valence-electron chi connectivity index (χ1n) is 4.93. The number of esters is 1. The van der Waals surface area contributed by atoms with Gasteiger partial charge in [-0.1, -0.05) is 0 Å². The third-order valence-corrected chi connectivity index (χ3v) is 1.71. The van der Waals surface area contributed by atoms with Crippen LogP contribution in [-0.2, 0) is 19.1 Å². The largest absolute Gasteiger partial charge is 0.467 e. The summed E-state index contributed by atoms with van der Waals surface area (Å²) in [6, 6.07) is 0. The smallest absolute Gasteiger partial charge is 0.411 e. The number of aliphatic hydroxyl groups excluding tert-OH is 1. The molecule has 106 valence electrons. The predicted octanol–water partition coefficient (Wildman–Crippen LogP) is -0.395. The minimum absolute atomic E-state index is 0.302. The summed E-state index contributed by atoms with van der Waals surface area (Å²) < 4.78 is 43.4. The fraction of sp³-hybridized carbons (Fsp3) is 0.778. The SMILES string of the molecule is COC(=O)C(O)CNC(=O)CCOCC(F)(F)F. The molecule has 0 fully saturated rings. The van der Waals surface area contributed by atoms with Crippen LogP contribution in [0.2, 0.25) is 0 Å². The average molecular weight is 273 g/mol. The maximum absolute atomic E-state index is 11.7. The number of nitrogens with one attached hydrogen (secondary N) is 1. The first-order chi connectivity index (χ1) is 8.26. The molecule has 0 bridgehead atoms. The van der Waals surface area contributed by atoms with E-state index in [0.29, 0.717) is 0 Å². The zero-order chi connectivity index (χ0) is 14.2. The van der Waals surface area contributed by atoms with Gasteiger partial charge in [-0.25, -0.2) is 4.79 Å². The molecular weight excluding hydrogens is 259 g/mol. The van der Waals surface area contributed by atoms with Gasteiger partial charge in [0, 0.05) is 6.42 Å². The van der Waals surface area contributed by atoms with Crippen molar-refractivity contribution >= 4 is 11.9 Å². The number of halogens is 3. The highest BCUT2D eigenvalue weighted by atomic mass is 19.4. The quantitative estimate of drug-likeness (QED) is 0.487. The maximum atomic E-state index is 11.7. The number of hydrogen-bond acceptors (Lipinski definition) is 5. The van der Waals surface area contributed by atoms with Crippen molar-refractivity contribution in [3.63, 3.8) is 0 Å². The third-order valence-electron chi connectivity index (χ3n) is 1.71. The standard InChI is InChI=1S/C9H14F3NO5/c1-17-8(16)6(14)4-13-7(15)2-3-18-5-9(10,11)12/h6,14H,2-5H2,1H3,(H,13,15). The summed E-state index contributed by atoms with van der Waals surface area (Å²) in [6.07, 6.45) is -6.24. The summed E-state index contributed by atoms with van der Waals surface area (Å²) in [5.41, 5.74) is 0. The molecule has 9 heteroatoms. The Hall–Kier alpha value is -1.35. The zero-order valence-electron chi connectivity index (χ0n) is 9.62. The highest BCUT2D eigenvalue weighted by Gasteiger charge is 2.27. The van der Waals surface area contributed by atoms with Gasteiger partial charge < -0.3 is 19.9 Å². The van der Waals surface area contributed by atoms with E-state index in [0.717, 1.165) is 7.11 Å². The second-order valence-corrected chi connectivity index (χ2v) is 3.26. The van der Waals surface area contributed by atoms with Crippen LogP contribution in [-0.4, -0.2) is 56.1 Å². The fourth-order valence-electron chi connectivity index (χ4n) is 0.871. The number of carbonyl (C=O) groups excluding carboxylic acids is 2. The monoisotopic (exact) mass is 273 g/mol. The molecule has 0 aliphatic rings. The van der Waals surface area contributed by atoms with Crippen LogP contribution in [0.15, 0.2) is 0 Å². The van der Waals surface area contributed by atoms with Crippen LogP contribution < -0.4 is 5.32 Å². The molecule has 0 aliphatic heterocycles. The van der Waals surface area contributed by atoms with Gasteiger partial charge >= 0.3 is 12.1 Å². The lowest BCUT2D eigenvalue weighted by Gasteiger charge is -2.10. The summed E-state index contributed by atoms with van der Waals surface area (Å²) >= 11 is 0. The van der Waals surface area contributed by atoms with Gasteiger partial charge in [-0.3, -0.25) is 4.79 Å².